The van der Waals surface area contributed by atoms with Crippen LogP contribution in [-0.4, -0.2) is 61.0 Å². The second-order valence-corrected chi connectivity index (χ2v) is 10.5. The van der Waals surface area contributed by atoms with Gasteiger partial charge >= 0.3 is 18.2 Å². The van der Waals surface area contributed by atoms with Gasteiger partial charge in [0, 0.05) is 18.9 Å². The summed E-state index contributed by atoms with van der Waals surface area (Å²) in [6.07, 6.45) is -1.55. The van der Waals surface area contributed by atoms with Gasteiger partial charge in [0.2, 0.25) is 0 Å². The van der Waals surface area contributed by atoms with Gasteiger partial charge in [0.25, 0.3) is 0 Å². The van der Waals surface area contributed by atoms with E-state index in [9.17, 15) is 19.5 Å². The minimum absolute atomic E-state index is 0.0589. The molecule has 212 valence electrons. The lowest BCUT2D eigenvalue weighted by Crippen LogP contribution is -2.49. The van der Waals surface area contributed by atoms with Crippen molar-refractivity contribution in [2.75, 3.05) is 26.8 Å². The van der Waals surface area contributed by atoms with Crippen LogP contribution >= 0.6 is 0 Å². The Labute approximate surface area is 243 Å². The predicted molar refractivity (Wildman–Crippen MR) is 157 cm³/mol. The number of nitrogens with zero attached hydrogens (tertiary/aromatic N) is 1. The predicted octanol–water partition coefficient (Wildman–Crippen LogP) is 5.86. The Bertz CT molecular complexity index is 1580. The summed E-state index contributed by atoms with van der Waals surface area (Å²) in [5.74, 6) is -1.55. The summed E-state index contributed by atoms with van der Waals surface area (Å²) in [5.41, 5.74) is 8.67. The zero-order valence-electron chi connectivity index (χ0n) is 23.0. The molecule has 1 unspecified atom stereocenters. The van der Waals surface area contributed by atoms with Gasteiger partial charge < -0.3 is 19.9 Å². The molecule has 0 fully saturated rings. The van der Waals surface area contributed by atoms with E-state index in [1.54, 1.807) is 0 Å². The van der Waals surface area contributed by atoms with E-state index < -0.39 is 24.2 Å². The normalized spacial score (nSPS) is 13.7. The van der Waals surface area contributed by atoms with Crippen molar-refractivity contribution in [1.29, 1.82) is 0 Å². The van der Waals surface area contributed by atoms with Crippen LogP contribution in [0.25, 0.3) is 22.3 Å². The van der Waals surface area contributed by atoms with Gasteiger partial charge in [0.15, 0.2) is 0 Å². The Morgan fingerprint density at radius 2 is 1.07 bits per heavy atom. The monoisotopic (exact) mass is 562 g/mol. The lowest BCUT2D eigenvalue weighted by molar-refractivity contribution is -0.142. The van der Waals surface area contributed by atoms with Gasteiger partial charge in [-0.3, -0.25) is 4.90 Å². The zero-order chi connectivity index (χ0) is 29.2. The number of likely N-dealkylation sites (N-methyl/N-ethyl adjacent to an activating group) is 1. The Hall–Kier alpha value is -5.11. The number of aliphatic carboxylic acids is 1. The molecule has 42 heavy (non-hydrogen) atoms. The SMILES string of the molecule is CN(C(=O)OCC1c2ccccc2-c2ccccc21)C(CNC(=O)OCC1c2ccccc2-c2ccccc21)C(=O)O. The van der Waals surface area contributed by atoms with Crippen LogP contribution in [0, 0.1) is 0 Å². The topological polar surface area (TPSA) is 105 Å². The first-order valence-corrected chi connectivity index (χ1v) is 13.8. The van der Waals surface area contributed by atoms with Crippen molar-refractivity contribution in [2.24, 2.45) is 0 Å². The molecule has 2 amide bonds. The second kappa shape index (κ2) is 11.4. The van der Waals surface area contributed by atoms with E-state index in [0.717, 1.165) is 49.4 Å². The maximum Gasteiger partial charge on any atom is 0.410 e. The van der Waals surface area contributed by atoms with E-state index in [2.05, 4.69) is 5.32 Å². The highest BCUT2D eigenvalue weighted by molar-refractivity contribution is 5.82. The van der Waals surface area contributed by atoms with Crippen LogP contribution in [0.3, 0.4) is 0 Å². The van der Waals surface area contributed by atoms with Gasteiger partial charge in [0.05, 0.1) is 6.54 Å². The molecular weight excluding hydrogens is 532 g/mol. The summed E-state index contributed by atoms with van der Waals surface area (Å²) >= 11 is 0. The van der Waals surface area contributed by atoms with Crippen LogP contribution < -0.4 is 5.32 Å². The average molecular weight is 563 g/mol. The van der Waals surface area contributed by atoms with E-state index in [1.807, 2.05) is 97.1 Å². The van der Waals surface area contributed by atoms with Crippen LogP contribution in [0.15, 0.2) is 97.1 Å². The van der Waals surface area contributed by atoms with Gasteiger partial charge in [0.1, 0.15) is 19.3 Å². The lowest BCUT2D eigenvalue weighted by atomic mass is 9.98. The molecule has 0 saturated carbocycles. The molecule has 2 N–H and O–H groups in total. The summed E-state index contributed by atoms with van der Waals surface area (Å²) in [4.78, 5) is 38.6. The number of ether oxygens (including phenoxy) is 2. The number of carboxylic acids is 1. The highest BCUT2D eigenvalue weighted by Crippen LogP contribution is 2.45. The van der Waals surface area contributed by atoms with Crippen molar-refractivity contribution in [3.63, 3.8) is 0 Å². The van der Waals surface area contributed by atoms with Crippen LogP contribution in [0.2, 0.25) is 0 Å². The van der Waals surface area contributed by atoms with Crippen LogP contribution in [0.5, 0.6) is 0 Å². The number of hydrogen-bond acceptors (Lipinski definition) is 5. The number of hydrogen-bond donors (Lipinski definition) is 2. The molecule has 8 heteroatoms. The van der Waals surface area contributed by atoms with E-state index in [1.165, 1.54) is 7.05 Å². The molecule has 0 spiro atoms. The number of nitrogens with one attached hydrogen (secondary N) is 1. The van der Waals surface area contributed by atoms with Crippen molar-refractivity contribution in [2.45, 2.75) is 17.9 Å². The molecule has 8 nitrogen and oxygen atoms in total. The molecule has 0 radical (unpaired) electrons. The Kier molecular flexibility index (Phi) is 7.35. The van der Waals surface area contributed by atoms with Crippen molar-refractivity contribution in [1.82, 2.24) is 10.2 Å². The highest BCUT2D eigenvalue weighted by atomic mass is 16.6. The maximum absolute atomic E-state index is 12.9. The van der Waals surface area contributed by atoms with E-state index in [4.69, 9.17) is 9.47 Å². The Morgan fingerprint density at radius 3 is 1.48 bits per heavy atom. The Morgan fingerprint density at radius 1 is 0.690 bits per heavy atom. The lowest BCUT2D eigenvalue weighted by Gasteiger charge is -2.25. The first-order valence-electron chi connectivity index (χ1n) is 13.8. The number of amides is 2. The first kappa shape index (κ1) is 27.1. The molecule has 2 aliphatic carbocycles. The smallest absolute Gasteiger partial charge is 0.410 e. The molecule has 0 aromatic heterocycles. The molecule has 1 atom stereocenters. The van der Waals surface area contributed by atoms with E-state index in [0.29, 0.717) is 0 Å². The van der Waals surface area contributed by atoms with Gasteiger partial charge in [-0.15, -0.1) is 0 Å². The van der Waals surface area contributed by atoms with Crippen LogP contribution in [0.4, 0.5) is 9.59 Å². The van der Waals surface area contributed by atoms with Crippen LogP contribution in [-0.2, 0) is 14.3 Å². The fraction of sp³-hybridized carbons (Fsp3) is 0.206. The largest absolute Gasteiger partial charge is 0.480 e. The molecule has 0 aliphatic heterocycles. The van der Waals surface area contributed by atoms with Crippen molar-refractivity contribution < 1.29 is 29.0 Å². The Balaban J connectivity index is 1.05. The maximum atomic E-state index is 12.9. The summed E-state index contributed by atoms with van der Waals surface area (Å²) in [5, 5.41) is 12.3. The first-order chi connectivity index (χ1) is 20.4. The minimum Gasteiger partial charge on any atom is -0.480 e. The number of benzene rings is 4. The highest BCUT2D eigenvalue weighted by Gasteiger charge is 2.33. The number of carboxylic acid groups (broad SMARTS) is 1. The molecule has 0 saturated heterocycles. The van der Waals surface area contributed by atoms with Crippen molar-refractivity contribution >= 4 is 18.2 Å². The third-order valence-electron chi connectivity index (χ3n) is 8.16. The summed E-state index contributed by atoms with van der Waals surface area (Å²) in [6, 6.07) is 30.6. The van der Waals surface area contributed by atoms with E-state index in [-0.39, 0.29) is 31.6 Å². The van der Waals surface area contributed by atoms with Crippen molar-refractivity contribution in [3.8, 4) is 22.3 Å². The second-order valence-electron chi connectivity index (χ2n) is 10.5. The number of rotatable bonds is 8. The molecule has 0 heterocycles. The van der Waals surface area contributed by atoms with E-state index >= 15 is 0 Å². The average Bonchev–Trinajstić information content (AvgIpc) is 3.51. The van der Waals surface area contributed by atoms with Gasteiger partial charge in [-0.25, -0.2) is 14.4 Å². The molecule has 0 bridgehead atoms. The summed E-state index contributed by atoms with van der Waals surface area (Å²) in [6.45, 7) is -0.185. The van der Waals surface area contributed by atoms with Crippen LogP contribution in [0.1, 0.15) is 34.1 Å². The summed E-state index contributed by atoms with van der Waals surface area (Å²) < 4.78 is 11.1. The standard InChI is InChI=1S/C34H30N2O6/c1-36(34(40)42-20-30-27-16-8-4-12-23(27)24-13-5-9-17-28(24)30)31(32(37)38)18-35-33(39)41-19-29-25-14-6-2-10-21(25)22-11-3-7-15-26(22)29/h2-17,29-31H,18-20H2,1H3,(H,35,39)(H,37,38). The molecule has 6 rings (SSSR count). The fourth-order valence-corrected chi connectivity index (χ4v) is 6.04. The molecule has 4 aromatic carbocycles. The third-order valence-corrected chi connectivity index (χ3v) is 8.16. The molecule has 2 aliphatic rings. The van der Waals surface area contributed by atoms with Crippen molar-refractivity contribution in [3.05, 3.63) is 119 Å². The van der Waals surface area contributed by atoms with Gasteiger partial charge in [-0.1, -0.05) is 97.1 Å². The minimum atomic E-state index is -1.35. The zero-order valence-corrected chi connectivity index (χ0v) is 23.0. The fourth-order valence-electron chi connectivity index (χ4n) is 6.04. The van der Waals surface area contributed by atoms with Gasteiger partial charge in [-0.2, -0.15) is 0 Å². The number of alkyl carbamates (subject to hydrolysis) is 1. The van der Waals surface area contributed by atoms with Gasteiger partial charge in [-0.05, 0) is 44.5 Å². The number of fused-ring (bicyclic) bond motifs is 6. The quantitative estimate of drug-likeness (QED) is 0.279. The number of carbonyl (C=O) groups is 3. The molecular formula is C34H30N2O6. The third kappa shape index (κ3) is 4.96. The number of carbonyl (C=O) groups excluding carboxylic acids is 2. The summed E-state index contributed by atoms with van der Waals surface area (Å²) in [7, 11) is 1.34. The molecule has 4 aromatic rings.